The van der Waals surface area contributed by atoms with Gasteiger partial charge in [-0.25, -0.2) is 0 Å². The molecule has 0 aliphatic carbocycles. The van der Waals surface area contributed by atoms with Crippen molar-refractivity contribution in [1.82, 2.24) is 9.88 Å². The first kappa shape index (κ1) is 20.1. The van der Waals surface area contributed by atoms with Gasteiger partial charge < -0.3 is 10.2 Å². The molecule has 0 unspecified atom stereocenters. The van der Waals surface area contributed by atoms with Gasteiger partial charge in [0.1, 0.15) is 0 Å². The SMILES string of the molecule is CCc1cccc(CC)c1NC(=O)c1cncc(C(=O)N2CCC(C)CC2)c1. The van der Waals surface area contributed by atoms with E-state index in [2.05, 4.69) is 31.1 Å². The molecule has 1 aromatic carbocycles. The molecule has 1 saturated heterocycles. The zero-order chi connectivity index (χ0) is 20.1. The van der Waals surface area contributed by atoms with Gasteiger partial charge in [-0.2, -0.15) is 0 Å². The lowest BCUT2D eigenvalue weighted by Crippen LogP contribution is -2.38. The van der Waals surface area contributed by atoms with Gasteiger partial charge >= 0.3 is 0 Å². The van der Waals surface area contributed by atoms with E-state index in [0.717, 1.165) is 55.6 Å². The first-order valence-corrected chi connectivity index (χ1v) is 10.2. The zero-order valence-electron chi connectivity index (χ0n) is 17.0. The number of amides is 2. The zero-order valence-corrected chi connectivity index (χ0v) is 17.0. The topological polar surface area (TPSA) is 62.3 Å². The van der Waals surface area contributed by atoms with Gasteiger partial charge in [0.15, 0.2) is 0 Å². The number of likely N-dealkylation sites (tertiary alicyclic amines) is 1. The minimum atomic E-state index is -0.231. The normalized spacial score (nSPS) is 14.8. The van der Waals surface area contributed by atoms with Gasteiger partial charge in [-0.05, 0) is 48.8 Å². The lowest BCUT2D eigenvalue weighted by molar-refractivity contribution is 0.0697. The third-order valence-corrected chi connectivity index (χ3v) is 5.56. The maximum atomic E-state index is 12.9. The highest BCUT2D eigenvalue weighted by molar-refractivity contribution is 6.06. The number of piperidine rings is 1. The number of carbonyl (C=O) groups is 2. The predicted octanol–water partition coefficient (Wildman–Crippen LogP) is 4.33. The molecule has 5 nitrogen and oxygen atoms in total. The molecule has 3 rings (SSSR count). The number of carbonyl (C=O) groups excluding carboxylic acids is 2. The first-order chi connectivity index (χ1) is 13.5. The largest absolute Gasteiger partial charge is 0.339 e. The molecule has 2 amide bonds. The molecule has 28 heavy (non-hydrogen) atoms. The van der Waals surface area contributed by atoms with Crippen LogP contribution in [-0.4, -0.2) is 34.8 Å². The van der Waals surface area contributed by atoms with Crippen molar-refractivity contribution >= 4 is 17.5 Å². The van der Waals surface area contributed by atoms with Gasteiger partial charge in [0.25, 0.3) is 11.8 Å². The molecule has 1 aromatic heterocycles. The predicted molar refractivity (Wildman–Crippen MR) is 112 cm³/mol. The minimum Gasteiger partial charge on any atom is -0.339 e. The Hall–Kier alpha value is -2.69. The van der Waals surface area contributed by atoms with E-state index < -0.39 is 0 Å². The molecule has 0 radical (unpaired) electrons. The van der Waals surface area contributed by atoms with Gasteiger partial charge in [0.05, 0.1) is 11.1 Å². The number of para-hydroxylation sites is 1. The smallest absolute Gasteiger partial charge is 0.257 e. The molecule has 2 heterocycles. The summed E-state index contributed by atoms with van der Waals surface area (Å²) in [7, 11) is 0. The Morgan fingerprint density at radius 2 is 1.68 bits per heavy atom. The van der Waals surface area contributed by atoms with Gasteiger partial charge in [0.2, 0.25) is 0 Å². The maximum Gasteiger partial charge on any atom is 0.257 e. The van der Waals surface area contributed by atoms with Crippen molar-refractivity contribution in [3.05, 3.63) is 58.9 Å². The van der Waals surface area contributed by atoms with Gasteiger partial charge in [-0.3, -0.25) is 14.6 Å². The molecule has 2 aromatic rings. The van der Waals surface area contributed by atoms with Crippen LogP contribution >= 0.6 is 0 Å². The Labute approximate surface area is 167 Å². The molecule has 0 bridgehead atoms. The molecule has 148 valence electrons. The van der Waals surface area contributed by atoms with E-state index in [4.69, 9.17) is 0 Å². The van der Waals surface area contributed by atoms with Crippen LogP contribution in [0.4, 0.5) is 5.69 Å². The second-order valence-electron chi connectivity index (χ2n) is 7.55. The third-order valence-electron chi connectivity index (χ3n) is 5.56. The fourth-order valence-corrected chi connectivity index (χ4v) is 3.66. The van der Waals surface area contributed by atoms with E-state index in [0.29, 0.717) is 17.0 Å². The number of aromatic nitrogens is 1. The van der Waals surface area contributed by atoms with E-state index in [1.165, 1.54) is 6.20 Å². The minimum absolute atomic E-state index is 0.0442. The van der Waals surface area contributed by atoms with Crippen LogP contribution in [0.5, 0.6) is 0 Å². The number of benzene rings is 1. The Bertz CT molecular complexity index is 832. The molecule has 0 saturated carbocycles. The van der Waals surface area contributed by atoms with Gasteiger partial charge in [-0.1, -0.05) is 39.0 Å². The molecule has 1 aliphatic rings. The van der Waals surface area contributed by atoms with Crippen LogP contribution in [0, 0.1) is 5.92 Å². The number of nitrogens with one attached hydrogen (secondary N) is 1. The number of pyridine rings is 1. The molecular weight excluding hydrogens is 350 g/mol. The summed E-state index contributed by atoms with van der Waals surface area (Å²) in [5.41, 5.74) is 3.97. The first-order valence-electron chi connectivity index (χ1n) is 10.2. The number of nitrogens with zero attached hydrogens (tertiary/aromatic N) is 2. The van der Waals surface area contributed by atoms with E-state index >= 15 is 0 Å². The summed E-state index contributed by atoms with van der Waals surface area (Å²) in [5.74, 6) is 0.382. The molecule has 1 aliphatic heterocycles. The van der Waals surface area contributed by atoms with Crippen molar-refractivity contribution in [3.63, 3.8) is 0 Å². The van der Waals surface area contributed by atoms with Crippen LogP contribution in [0.1, 0.15) is 65.5 Å². The van der Waals surface area contributed by atoms with Gasteiger partial charge in [0, 0.05) is 31.2 Å². The average Bonchev–Trinajstić information content (AvgIpc) is 2.74. The van der Waals surface area contributed by atoms with Crippen molar-refractivity contribution < 1.29 is 9.59 Å². The number of hydrogen-bond donors (Lipinski definition) is 1. The highest BCUT2D eigenvalue weighted by Gasteiger charge is 2.22. The molecular formula is C23H29N3O2. The number of aryl methyl sites for hydroxylation is 2. The van der Waals surface area contributed by atoms with E-state index in [9.17, 15) is 9.59 Å². The Morgan fingerprint density at radius 3 is 2.29 bits per heavy atom. The summed E-state index contributed by atoms with van der Waals surface area (Å²) in [6, 6.07) is 7.74. The van der Waals surface area contributed by atoms with E-state index in [1.54, 1.807) is 12.3 Å². The fourth-order valence-electron chi connectivity index (χ4n) is 3.66. The second kappa shape index (κ2) is 9.00. The highest BCUT2D eigenvalue weighted by Crippen LogP contribution is 2.24. The van der Waals surface area contributed by atoms with Crippen LogP contribution in [0.25, 0.3) is 0 Å². The molecule has 1 fully saturated rings. The summed E-state index contributed by atoms with van der Waals surface area (Å²) in [4.78, 5) is 31.7. The van der Waals surface area contributed by atoms with Gasteiger partial charge in [-0.15, -0.1) is 0 Å². The second-order valence-corrected chi connectivity index (χ2v) is 7.55. The average molecular weight is 380 g/mol. The van der Waals surface area contributed by atoms with Crippen molar-refractivity contribution in [3.8, 4) is 0 Å². The van der Waals surface area contributed by atoms with Crippen molar-refractivity contribution in [2.75, 3.05) is 18.4 Å². The summed E-state index contributed by atoms with van der Waals surface area (Å²) in [6.07, 6.45) is 6.79. The number of rotatable bonds is 5. The van der Waals surface area contributed by atoms with E-state index in [-0.39, 0.29) is 11.8 Å². The summed E-state index contributed by atoms with van der Waals surface area (Å²) >= 11 is 0. The molecule has 5 heteroatoms. The molecule has 1 N–H and O–H groups in total. The fraction of sp³-hybridized carbons (Fsp3) is 0.435. The third kappa shape index (κ3) is 4.41. The summed E-state index contributed by atoms with van der Waals surface area (Å²) < 4.78 is 0. The molecule has 0 spiro atoms. The lowest BCUT2D eigenvalue weighted by Gasteiger charge is -2.30. The Balaban J connectivity index is 1.79. The summed E-state index contributed by atoms with van der Waals surface area (Å²) in [6.45, 7) is 7.89. The Morgan fingerprint density at radius 1 is 1.07 bits per heavy atom. The maximum absolute atomic E-state index is 12.9. The van der Waals surface area contributed by atoms with Crippen molar-refractivity contribution in [2.24, 2.45) is 5.92 Å². The van der Waals surface area contributed by atoms with Crippen LogP contribution < -0.4 is 5.32 Å². The quantitative estimate of drug-likeness (QED) is 0.841. The van der Waals surface area contributed by atoms with Crippen LogP contribution in [0.2, 0.25) is 0 Å². The van der Waals surface area contributed by atoms with Crippen LogP contribution in [0.3, 0.4) is 0 Å². The molecule has 0 atom stereocenters. The van der Waals surface area contributed by atoms with Crippen LogP contribution in [0.15, 0.2) is 36.7 Å². The van der Waals surface area contributed by atoms with Crippen LogP contribution in [-0.2, 0) is 12.8 Å². The van der Waals surface area contributed by atoms with E-state index in [1.807, 2.05) is 23.1 Å². The standard InChI is InChI=1S/C23H29N3O2/c1-4-17-7-6-8-18(5-2)21(17)25-22(27)19-13-20(15-24-14-19)23(28)26-11-9-16(3)10-12-26/h6-8,13-16H,4-5,9-12H2,1-3H3,(H,25,27). The highest BCUT2D eigenvalue weighted by atomic mass is 16.2. The lowest BCUT2D eigenvalue weighted by atomic mass is 9.98. The number of hydrogen-bond acceptors (Lipinski definition) is 3. The van der Waals surface area contributed by atoms with Crippen molar-refractivity contribution in [1.29, 1.82) is 0 Å². The Kier molecular flexibility index (Phi) is 6.45. The monoisotopic (exact) mass is 379 g/mol. The summed E-state index contributed by atoms with van der Waals surface area (Å²) in [5, 5.41) is 3.04. The number of anilines is 1. The van der Waals surface area contributed by atoms with Crippen molar-refractivity contribution in [2.45, 2.75) is 46.5 Å².